The number of hydrogen-bond donors (Lipinski definition) is 1. The molecule has 2 rings (SSSR count). The standard InChI is InChI=1S/C14H21NO2S/c1-11-5-4-6-12(7-11)18-13(10-15)8-14(9-13,16-2)17-3/h4-7H,8-10,15H2,1-3H3. The lowest BCUT2D eigenvalue weighted by molar-refractivity contribution is -0.260. The molecule has 0 aliphatic heterocycles. The summed E-state index contributed by atoms with van der Waals surface area (Å²) in [7, 11) is 3.39. The van der Waals surface area contributed by atoms with Crippen LogP contribution in [0.25, 0.3) is 0 Å². The summed E-state index contributed by atoms with van der Waals surface area (Å²) in [6.45, 7) is 2.74. The fraction of sp³-hybridized carbons (Fsp3) is 0.571. The van der Waals surface area contributed by atoms with Crippen LogP contribution in [-0.4, -0.2) is 31.3 Å². The first-order valence-corrected chi connectivity index (χ1v) is 6.95. The third-order valence-corrected chi connectivity index (χ3v) is 5.00. The van der Waals surface area contributed by atoms with Crippen molar-refractivity contribution in [3.8, 4) is 0 Å². The second-order valence-corrected chi connectivity index (χ2v) is 6.52. The van der Waals surface area contributed by atoms with Gasteiger partial charge in [-0.05, 0) is 19.1 Å². The summed E-state index contributed by atoms with van der Waals surface area (Å²) in [5, 5.41) is 0. The summed E-state index contributed by atoms with van der Waals surface area (Å²) in [6, 6.07) is 8.52. The van der Waals surface area contributed by atoms with E-state index in [0.717, 1.165) is 12.8 Å². The van der Waals surface area contributed by atoms with Crippen molar-refractivity contribution >= 4 is 11.8 Å². The lowest BCUT2D eigenvalue weighted by atomic mass is 9.77. The number of benzene rings is 1. The van der Waals surface area contributed by atoms with Crippen LogP contribution in [0.4, 0.5) is 0 Å². The van der Waals surface area contributed by atoms with Gasteiger partial charge < -0.3 is 15.2 Å². The van der Waals surface area contributed by atoms with Crippen molar-refractivity contribution < 1.29 is 9.47 Å². The fourth-order valence-corrected chi connectivity index (χ4v) is 4.05. The van der Waals surface area contributed by atoms with Crippen molar-refractivity contribution in [3.63, 3.8) is 0 Å². The molecule has 1 aromatic rings. The molecule has 0 radical (unpaired) electrons. The van der Waals surface area contributed by atoms with E-state index < -0.39 is 5.79 Å². The molecule has 3 nitrogen and oxygen atoms in total. The molecule has 18 heavy (non-hydrogen) atoms. The molecule has 1 aliphatic rings. The van der Waals surface area contributed by atoms with Crippen LogP contribution >= 0.6 is 11.8 Å². The Kier molecular flexibility index (Phi) is 4.02. The second kappa shape index (κ2) is 5.21. The molecular weight excluding hydrogens is 246 g/mol. The molecule has 0 spiro atoms. The minimum absolute atomic E-state index is 0.0415. The Morgan fingerprint density at radius 3 is 2.44 bits per heavy atom. The van der Waals surface area contributed by atoms with Crippen molar-refractivity contribution in [2.24, 2.45) is 5.73 Å². The number of methoxy groups -OCH3 is 2. The smallest absolute Gasteiger partial charge is 0.170 e. The summed E-state index contributed by atoms with van der Waals surface area (Å²) in [5.41, 5.74) is 7.23. The molecule has 0 bridgehead atoms. The summed E-state index contributed by atoms with van der Waals surface area (Å²) >= 11 is 1.84. The zero-order valence-corrected chi connectivity index (χ0v) is 12.0. The lowest BCUT2D eigenvalue weighted by Gasteiger charge is -2.53. The third kappa shape index (κ3) is 2.57. The van der Waals surface area contributed by atoms with Crippen LogP contribution in [-0.2, 0) is 9.47 Å². The highest BCUT2D eigenvalue weighted by atomic mass is 32.2. The molecule has 2 N–H and O–H groups in total. The Labute approximate surface area is 113 Å². The van der Waals surface area contributed by atoms with E-state index >= 15 is 0 Å². The predicted molar refractivity (Wildman–Crippen MR) is 74.8 cm³/mol. The normalized spacial score (nSPS) is 20.4. The Morgan fingerprint density at radius 2 is 1.94 bits per heavy atom. The minimum atomic E-state index is -0.434. The SMILES string of the molecule is COC1(OC)CC(CN)(Sc2cccc(C)c2)C1. The molecule has 100 valence electrons. The van der Waals surface area contributed by atoms with Crippen LogP contribution in [0.2, 0.25) is 0 Å². The van der Waals surface area contributed by atoms with Gasteiger partial charge in [0.05, 0.1) is 0 Å². The number of thioether (sulfide) groups is 1. The maximum Gasteiger partial charge on any atom is 0.170 e. The van der Waals surface area contributed by atoms with E-state index in [9.17, 15) is 0 Å². The van der Waals surface area contributed by atoms with Gasteiger partial charge in [-0.3, -0.25) is 0 Å². The van der Waals surface area contributed by atoms with Gasteiger partial charge >= 0.3 is 0 Å². The molecule has 4 heteroatoms. The van der Waals surface area contributed by atoms with Crippen LogP contribution in [0, 0.1) is 6.92 Å². The molecule has 1 aromatic carbocycles. The van der Waals surface area contributed by atoms with E-state index in [-0.39, 0.29) is 4.75 Å². The second-order valence-electron chi connectivity index (χ2n) is 4.98. The van der Waals surface area contributed by atoms with E-state index in [4.69, 9.17) is 15.2 Å². The van der Waals surface area contributed by atoms with Crippen molar-refractivity contribution in [1.29, 1.82) is 0 Å². The van der Waals surface area contributed by atoms with Gasteiger partial charge in [-0.2, -0.15) is 0 Å². The average Bonchev–Trinajstić information content (AvgIpc) is 2.33. The summed E-state index contributed by atoms with van der Waals surface area (Å²) in [6.07, 6.45) is 1.67. The van der Waals surface area contributed by atoms with E-state index in [1.807, 2.05) is 11.8 Å². The first-order chi connectivity index (χ1) is 8.57. The molecule has 0 heterocycles. The monoisotopic (exact) mass is 267 g/mol. The molecule has 0 unspecified atom stereocenters. The van der Waals surface area contributed by atoms with Crippen molar-refractivity contribution in [2.45, 2.75) is 35.2 Å². The Hall–Kier alpha value is -0.550. The molecule has 0 saturated heterocycles. The zero-order valence-electron chi connectivity index (χ0n) is 11.2. The topological polar surface area (TPSA) is 44.5 Å². The largest absolute Gasteiger partial charge is 0.353 e. The minimum Gasteiger partial charge on any atom is -0.353 e. The van der Waals surface area contributed by atoms with Gasteiger partial charge in [-0.25, -0.2) is 0 Å². The number of nitrogens with two attached hydrogens (primary N) is 1. The summed E-state index contributed by atoms with van der Waals surface area (Å²) < 4.78 is 10.9. The van der Waals surface area contributed by atoms with E-state index in [2.05, 4.69) is 31.2 Å². The summed E-state index contributed by atoms with van der Waals surface area (Å²) in [4.78, 5) is 1.27. The van der Waals surface area contributed by atoms with Crippen molar-refractivity contribution in [3.05, 3.63) is 29.8 Å². The number of hydrogen-bond acceptors (Lipinski definition) is 4. The van der Waals surface area contributed by atoms with Gasteiger partial charge in [0.2, 0.25) is 0 Å². The first-order valence-electron chi connectivity index (χ1n) is 6.13. The Balaban J connectivity index is 2.08. The summed E-state index contributed by atoms with van der Waals surface area (Å²) in [5.74, 6) is -0.434. The van der Waals surface area contributed by atoms with Gasteiger partial charge in [-0.1, -0.05) is 17.7 Å². The number of ether oxygens (including phenoxy) is 2. The van der Waals surface area contributed by atoms with E-state index in [1.54, 1.807) is 14.2 Å². The van der Waals surface area contributed by atoms with Crippen molar-refractivity contribution in [2.75, 3.05) is 20.8 Å². The van der Waals surface area contributed by atoms with Crippen molar-refractivity contribution in [1.82, 2.24) is 0 Å². The Bertz CT molecular complexity index is 410. The van der Waals surface area contributed by atoms with Gasteiger partial charge in [0.15, 0.2) is 5.79 Å². The molecular formula is C14H21NO2S. The van der Waals surface area contributed by atoms with Crippen LogP contribution < -0.4 is 5.73 Å². The molecule has 1 fully saturated rings. The highest BCUT2D eigenvalue weighted by molar-refractivity contribution is 8.00. The maximum absolute atomic E-state index is 5.95. The fourth-order valence-electron chi connectivity index (χ4n) is 2.49. The quantitative estimate of drug-likeness (QED) is 0.833. The predicted octanol–water partition coefficient (Wildman–Crippen LogP) is 2.57. The van der Waals surface area contributed by atoms with Crippen LogP contribution in [0.3, 0.4) is 0 Å². The van der Waals surface area contributed by atoms with Gasteiger partial charge in [0, 0.05) is 43.2 Å². The number of rotatable bonds is 5. The number of aryl methyl sites for hydroxylation is 1. The average molecular weight is 267 g/mol. The van der Waals surface area contributed by atoms with Gasteiger partial charge in [0.25, 0.3) is 0 Å². The van der Waals surface area contributed by atoms with E-state index in [1.165, 1.54) is 10.5 Å². The molecule has 0 atom stereocenters. The molecule has 0 aromatic heterocycles. The van der Waals surface area contributed by atoms with Gasteiger partial charge in [0.1, 0.15) is 0 Å². The molecule has 0 amide bonds. The van der Waals surface area contributed by atoms with Crippen LogP contribution in [0.15, 0.2) is 29.2 Å². The first kappa shape index (κ1) is 13.9. The zero-order chi connectivity index (χ0) is 13.2. The maximum atomic E-state index is 5.95. The molecule has 1 saturated carbocycles. The third-order valence-electron chi connectivity index (χ3n) is 3.62. The van der Waals surface area contributed by atoms with E-state index in [0.29, 0.717) is 6.54 Å². The van der Waals surface area contributed by atoms with Crippen LogP contribution in [0.5, 0.6) is 0 Å². The van der Waals surface area contributed by atoms with Gasteiger partial charge in [-0.15, -0.1) is 11.8 Å². The lowest BCUT2D eigenvalue weighted by Crippen LogP contribution is -2.60. The van der Waals surface area contributed by atoms with Crippen LogP contribution in [0.1, 0.15) is 18.4 Å². The molecule has 1 aliphatic carbocycles. The Morgan fingerprint density at radius 1 is 1.28 bits per heavy atom. The highest BCUT2D eigenvalue weighted by Gasteiger charge is 2.55. The highest BCUT2D eigenvalue weighted by Crippen LogP contribution is 2.54.